The van der Waals surface area contributed by atoms with E-state index in [-0.39, 0.29) is 12.4 Å². The van der Waals surface area contributed by atoms with Crippen LogP contribution in [0.25, 0.3) is 0 Å². The van der Waals surface area contributed by atoms with E-state index < -0.39 is 0 Å². The Balaban J connectivity index is 0.00000196. The quantitative estimate of drug-likeness (QED) is 0.759. The minimum Gasteiger partial charge on any atom is -0.497 e. The maximum absolute atomic E-state index is 5.13. The Morgan fingerprint density at radius 3 is 2.73 bits per heavy atom. The van der Waals surface area contributed by atoms with Gasteiger partial charge in [0.05, 0.1) is 13.7 Å². The standard InChI is InChI=1S/C11H17NO2.ClH/c1-13-7-6-12-9-10-4-3-5-11(8-10)14-2;/h3-5,8,12H,6-7,9H2,1-2H3;1H. The number of methoxy groups -OCH3 is 2. The molecular formula is C11H18ClNO2. The van der Waals surface area contributed by atoms with Crippen molar-refractivity contribution in [1.29, 1.82) is 0 Å². The first-order chi connectivity index (χ1) is 6.86. The van der Waals surface area contributed by atoms with Gasteiger partial charge >= 0.3 is 0 Å². The molecule has 0 amide bonds. The molecule has 0 bridgehead atoms. The van der Waals surface area contributed by atoms with Crippen molar-refractivity contribution in [3.8, 4) is 5.75 Å². The van der Waals surface area contributed by atoms with E-state index in [2.05, 4.69) is 11.4 Å². The molecule has 1 aromatic carbocycles. The summed E-state index contributed by atoms with van der Waals surface area (Å²) < 4.78 is 10.1. The molecule has 1 rings (SSSR count). The molecule has 1 aromatic rings. The average Bonchev–Trinajstić information content (AvgIpc) is 2.25. The first-order valence-corrected chi connectivity index (χ1v) is 4.69. The SMILES string of the molecule is COCCNCc1cccc(OC)c1.Cl. The van der Waals surface area contributed by atoms with Crippen molar-refractivity contribution in [2.24, 2.45) is 0 Å². The largest absolute Gasteiger partial charge is 0.497 e. The molecule has 0 spiro atoms. The van der Waals surface area contributed by atoms with Crippen LogP contribution in [0.15, 0.2) is 24.3 Å². The monoisotopic (exact) mass is 231 g/mol. The zero-order valence-electron chi connectivity index (χ0n) is 9.16. The Morgan fingerprint density at radius 2 is 2.07 bits per heavy atom. The van der Waals surface area contributed by atoms with Crippen LogP contribution in [-0.4, -0.2) is 27.4 Å². The third-order valence-corrected chi connectivity index (χ3v) is 1.95. The molecule has 1 N–H and O–H groups in total. The molecule has 0 aromatic heterocycles. The van der Waals surface area contributed by atoms with Gasteiger partial charge in [0.15, 0.2) is 0 Å². The molecule has 0 aliphatic carbocycles. The second-order valence-electron chi connectivity index (χ2n) is 3.02. The van der Waals surface area contributed by atoms with Crippen molar-refractivity contribution < 1.29 is 9.47 Å². The summed E-state index contributed by atoms with van der Waals surface area (Å²) in [6.07, 6.45) is 0. The molecule has 86 valence electrons. The topological polar surface area (TPSA) is 30.5 Å². The van der Waals surface area contributed by atoms with Gasteiger partial charge in [-0.3, -0.25) is 0 Å². The fourth-order valence-corrected chi connectivity index (χ4v) is 1.19. The molecule has 0 aliphatic rings. The van der Waals surface area contributed by atoms with Gasteiger partial charge in [0.25, 0.3) is 0 Å². The molecule has 0 fully saturated rings. The first kappa shape index (κ1) is 14.2. The van der Waals surface area contributed by atoms with Crippen LogP contribution in [0.3, 0.4) is 0 Å². The van der Waals surface area contributed by atoms with E-state index >= 15 is 0 Å². The van der Waals surface area contributed by atoms with Gasteiger partial charge in [0.2, 0.25) is 0 Å². The summed E-state index contributed by atoms with van der Waals surface area (Å²) in [5, 5.41) is 3.27. The van der Waals surface area contributed by atoms with E-state index in [4.69, 9.17) is 9.47 Å². The second-order valence-corrected chi connectivity index (χ2v) is 3.02. The zero-order valence-corrected chi connectivity index (χ0v) is 9.97. The Morgan fingerprint density at radius 1 is 1.27 bits per heavy atom. The number of rotatable bonds is 6. The predicted molar refractivity (Wildman–Crippen MR) is 63.8 cm³/mol. The lowest BCUT2D eigenvalue weighted by molar-refractivity contribution is 0.199. The Bertz CT molecular complexity index is 269. The number of ether oxygens (including phenoxy) is 2. The number of benzene rings is 1. The molecular weight excluding hydrogens is 214 g/mol. The predicted octanol–water partition coefficient (Wildman–Crippen LogP) is 1.85. The molecule has 0 atom stereocenters. The summed E-state index contributed by atoms with van der Waals surface area (Å²) in [5.74, 6) is 0.899. The molecule has 0 heterocycles. The maximum Gasteiger partial charge on any atom is 0.119 e. The highest BCUT2D eigenvalue weighted by atomic mass is 35.5. The van der Waals surface area contributed by atoms with Gasteiger partial charge in [-0.05, 0) is 17.7 Å². The molecule has 0 radical (unpaired) electrons. The van der Waals surface area contributed by atoms with Gasteiger partial charge in [-0.1, -0.05) is 12.1 Å². The van der Waals surface area contributed by atoms with Crippen LogP contribution in [-0.2, 0) is 11.3 Å². The smallest absolute Gasteiger partial charge is 0.119 e. The molecule has 0 saturated carbocycles. The Labute approximate surface area is 97.2 Å². The summed E-state index contributed by atoms with van der Waals surface area (Å²) in [4.78, 5) is 0. The van der Waals surface area contributed by atoms with Crippen molar-refractivity contribution in [2.45, 2.75) is 6.54 Å². The lowest BCUT2D eigenvalue weighted by atomic mass is 10.2. The first-order valence-electron chi connectivity index (χ1n) is 4.69. The second kappa shape index (κ2) is 8.53. The highest BCUT2D eigenvalue weighted by Gasteiger charge is 1.94. The number of hydrogen-bond donors (Lipinski definition) is 1. The highest BCUT2D eigenvalue weighted by Crippen LogP contribution is 2.11. The van der Waals surface area contributed by atoms with Crippen LogP contribution >= 0.6 is 12.4 Å². The van der Waals surface area contributed by atoms with Crippen LogP contribution in [0.5, 0.6) is 5.75 Å². The highest BCUT2D eigenvalue weighted by molar-refractivity contribution is 5.85. The fraction of sp³-hybridized carbons (Fsp3) is 0.455. The molecule has 0 aliphatic heterocycles. The van der Waals surface area contributed by atoms with Crippen LogP contribution in [0.4, 0.5) is 0 Å². The van der Waals surface area contributed by atoms with Crippen molar-refractivity contribution >= 4 is 12.4 Å². The summed E-state index contributed by atoms with van der Waals surface area (Å²) in [6, 6.07) is 8.03. The van der Waals surface area contributed by atoms with E-state index in [0.29, 0.717) is 0 Å². The Kier molecular flexibility index (Phi) is 8.09. The van der Waals surface area contributed by atoms with Crippen molar-refractivity contribution in [3.05, 3.63) is 29.8 Å². The van der Waals surface area contributed by atoms with Crippen LogP contribution < -0.4 is 10.1 Å². The lowest BCUT2D eigenvalue weighted by Crippen LogP contribution is -2.18. The number of hydrogen-bond acceptors (Lipinski definition) is 3. The van der Waals surface area contributed by atoms with Crippen molar-refractivity contribution in [1.82, 2.24) is 5.32 Å². The minimum atomic E-state index is 0. The molecule has 0 saturated heterocycles. The van der Waals surface area contributed by atoms with Crippen LogP contribution in [0.1, 0.15) is 5.56 Å². The third kappa shape index (κ3) is 5.62. The van der Waals surface area contributed by atoms with Crippen LogP contribution in [0, 0.1) is 0 Å². The van der Waals surface area contributed by atoms with Gasteiger partial charge in [-0.2, -0.15) is 0 Å². The number of halogens is 1. The van der Waals surface area contributed by atoms with Gasteiger partial charge in [-0.15, -0.1) is 12.4 Å². The summed E-state index contributed by atoms with van der Waals surface area (Å²) in [5.41, 5.74) is 1.22. The van der Waals surface area contributed by atoms with E-state index in [0.717, 1.165) is 25.4 Å². The Hall–Kier alpha value is -0.770. The summed E-state index contributed by atoms with van der Waals surface area (Å²) in [6.45, 7) is 2.46. The molecule has 0 unspecified atom stereocenters. The van der Waals surface area contributed by atoms with Gasteiger partial charge in [0.1, 0.15) is 5.75 Å². The lowest BCUT2D eigenvalue weighted by Gasteiger charge is -2.05. The average molecular weight is 232 g/mol. The van der Waals surface area contributed by atoms with E-state index in [9.17, 15) is 0 Å². The molecule has 4 heteroatoms. The summed E-state index contributed by atoms with van der Waals surface area (Å²) >= 11 is 0. The minimum absolute atomic E-state index is 0. The zero-order chi connectivity index (χ0) is 10.2. The van der Waals surface area contributed by atoms with E-state index in [1.54, 1.807) is 14.2 Å². The van der Waals surface area contributed by atoms with Crippen molar-refractivity contribution in [2.75, 3.05) is 27.4 Å². The summed E-state index contributed by atoms with van der Waals surface area (Å²) in [7, 11) is 3.38. The van der Waals surface area contributed by atoms with Gasteiger partial charge in [-0.25, -0.2) is 0 Å². The van der Waals surface area contributed by atoms with E-state index in [1.807, 2.05) is 18.2 Å². The van der Waals surface area contributed by atoms with Crippen molar-refractivity contribution in [3.63, 3.8) is 0 Å². The third-order valence-electron chi connectivity index (χ3n) is 1.95. The van der Waals surface area contributed by atoms with Gasteiger partial charge in [0, 0.05) is 20.2 Å². The van der Waals surface area contributed by atoms with Gasteiger partial charge < -0.3 is 14.8 Å². The molecule has 3 nitrogen and oxygen atoms in total. The maximum atomic E-state index is 5.13. The number of nitrogens with one attached hydrogen (secondary N) is 1. The van der Waals surface area contributed by atoms with E-state index in [1.165, 1.54) is 5.56 Å². The normalized spacial score (nSPS) is 9.47. The molecule has 15 heavy (non-hydrogen) atoms. The van der Waals surface area contributed by atoms with Crippen LogP contribution in [0.2, 0.25) is 0 Å². The fourth-order valence-electron chi connectivity index (χ4n) is 1.19.